The third kappa shape index (κ3) is 2.71. The van der Waals surface area contributed by atoms with Gasteiger partial charge in [-0.15, -0.1) is 0 Å². The van der Waals surface area contributed by atoms with E-state index in [2.05, 4.69) is 0 Å². The van der Waals surface area contributed by atoms with Crippen LogP contribution in [0.1, 0.15) is 22.8 Å². The molecule has 0 heterocycles. The first kappa shape index (κ1) is 12.7. The van der Waals surface area contributed by atoms with E-state index in [1.54, 1.807) is 24.3 Å². The number of carbonyl (C=O) groups is 1. The van der Waals surface area contributed by atoms with Crippen LogP contribution in [-0.4, -0.2) is 5.78 Å². The van der Waals surface area contributed by atoms with Crippen molar-refractivity contribution in [3.8, 4) is 11.5 Å². The molecular weight excluding hydrogens is 248 g/mol. The monoisotopic (exact) mass is 260 g/mol. The van der Waals surface area contributed by atoms with Gasteiger partial charge in [-0.3, -0.25) is 4.79 Å². The van der Waals surface area contributed by atoms with E-state index in [1.165, 1.54) is 6.92 Å². The van der Waals surface area contributed by atoms with Gasteiger partial charge in [0.1, 0.15) is 11.5 Å². The summed E-state index contributed by atoms with van der Waals surface area (Å²) in [4.78, 5) is 11.5. The molecule has 0 radical (unpaired) electrons. The highest BCUT2D eigenvalue weighted by Crippen LogP contribution is 2.28. The summed E-state index contributed by atoms with van der Waals surface area (Å²) in [5.41, 5.74) is 1.51. The Bertz CT molecular complexity index is 591. The summed E-state index contributed by atoms with van der Waals surface area (Å²) < 4.78 is 5.73. The largest absolute Gasteiger partial charge is 0.457 e. The van der Waals surface area contributed by atoms with Crippen LogP contribution in [0.4, 0.5) is 0 Å². The van der Waals surface area contributed by atoms with Crippen LogP contribution in [0.5, 0.6) is 11.5 Å². The molecule has 0 saturated heterocycles. The molecule has 2 nitrogen and oxygen atoms in total. The van der Waals surface area contributed by atoms with Crippen molar-refractivity contribution in [2.75, 3.05) is 0 Å². The van der Waals surface area contributed by atoms with Crippen molar-refractivity contribution in [2.45, 2.75) is 13.8 Å². The van der Waals surface area contributed by atoms with Crippen LogP contribution in [0.15, 0.2) is 42.5 Å². The van der Waals surface area contributed by atoms with E-state index in [1.807, 2.05) is 25.1 Å². The zero-order valence-electron chi connectivity index (χ0n) is 10.2. The van der Waals surface area contributed by atoms with Gasteiger partial charge in [-0.1, -0.05) is 23.7 Å². The number of hydrogen-bond donors (Lipinski definition) is 0. The lowest BCUT2D eigenvalue weighted by Crippen LogP contribution is -1.96. The molecule has 0 amide bonds. The number of aryl methyl sites for hydroxylation is 1. The van der Waals surface area contributed by atoms with Crippen LogP contribution in [0, 0.1) is 6.92 Å². The number of halogens is 1. The molecule has 2 aromatic rings. The minimum absolute atomic E-state index is 0.0173. The van der Waals surface area contributed by atoms with Crippen molar-refractivity contribution >= 4 is 17.4 Å². The summed E-state index contributed by atoms with van der Waals surface area (Å²) in [7, 11) is 0. The van der Waals surface area contributed by atoms with Gasteiger partial charge in [-0.25, -0.2) is 0 Å². The van der Waals surface area contributed by atoms with Crippen molar-refractivity contribution in [3.05, 3.63) is 58.6 Å². The number of para-hydroxylation sites is 1. The number of Topliss-reactive ketones (excluding diaryl/α,β-unsaturated/α-hetero) is 1. The molecule has 0 unspecified atom stereocenters. The van der Waals surface area contributed by atoms with Crippen LogP contribution in [0.25, 0.3) is 0 Å². The molecule has 18 heavy (non-hydrogen) atoms. The molecule has 3 heteroatoms. The fraction of sp³-hybridized carbons (Fsp3) is 0.133. The Kier molecular flexibility index (Phi) is 3.68. The zero-order chi connectivity index (χ0) is 13.1. The number of ketones is 1. The minimum Gasteiger partial charge on any atom is -0.457 e. The van der Waals surface area contributed by atoms with Gasteiger partial charge in [0.15, 0.2) is 5.78 Å². The molecule has 2 rings (SSSR count). The van der Waals surface area contributed by atoms with E-state index in [0.717, 1.165) is 5.56 Å². The van der Waals surface area contributed by atoms with Crippen molar-refractivity contribution in [3.63, 3.8) is 0 Å². The SMILES string of the molecule is CC(=O)c1ccccc1Oc1ccc(Cl)c(C)c1. The molecule has 2 aromatic carbocycles. The third-order valence-corrected chi connectivity index (χ3v) is 3.05. The smallest absolute Gasteiger partial charge is 0.163 e. The number of carbonyl (C=O) groups excluding carboxylic acids is 1. The van der Waals surface area contributed by atoms with Gasteiger partial charge in [-0.05, 0) is 49.7 Å². The number of benzene rings is 2. The first-order valence-electron chi connectivity index (χ1n) is 5.62. The number of hydrogen-bond acceptors (Lipinski definition) is 2. The topological polar surface area (TPSA) is 26.3 Å². The second kappa shape index (κ2) is 5.23. The van der Waals surface area contributed by atoms with E-state index in [-0.39, 0.29) is 5.78 Å². The molecule has 0 bridgehead atoms. The van der Waals surface area contributed by atoms with Crippen LogP contribution in [0.2, 0.25) is 5.02 Å². The van der Waals surface area contributed by atoms with E-state index >= 15 is 0 Å². The summed E-state index contributed by atoms with van der Waals surface area (Å²) in [6.07, 6.45) is 0. The lowest BCUT2D eigenvalue weighted by molar-refractivity contribution is 0.101. The van der Waals surface area contributed by atoms with E-state index in [0.29, 0.717) is 22.1 Å². The maximum Gasteiger partial charge on any atom is 0.163 e. The van der Waals surface area contributed by atoms with Crippen molar-refractivity contribution in [1.82, 2.24) is 0 Å². The Balaban J connectivity index is 2.34. The fourth-order valence-corrected chi connectivity index (χ4v) is 1.77. The summed E-state index contributed by atoms with van der Waals surface area (Å²) in [6, 6.07) is 12.6. The lowest BCUT2D eigenvalue weighted by atomic mass is 10.1. The highest BCUT2D eigenvalue weighted by atomic mass is 35.5. The molecule has 0 aliphatic heterocycles. The van der Waals surface area contributed by atoms with Gasteiger partial charge >= 0.3 is 0 Å². The first-order valence-corrected chi connectivity index (χ1v) is 5.99. The maximum atomic E-state index is 11.5. The maximum absolute atomic E-state index is 11.5. The van der Waals surface area contributed by atoms with Crippen LogP contribution < -0.4 is 4.74 Å². The molecule has 0 fully saturated rings. The predicted octanol–water partition coefficient (Wildman–Crippen LogP) is 4.64. The average Bonchev–Trinajstić information content (AvgIpc) is 2.34. The highest BCUT2D eigenvalue weighted by Gasteiger charge is 2.08. The Morgan fingerprint density at radius 3 is 2.56 bits per heavy atom. The highest BCUT2D eigenvalue weighted by molar-refractivity contribution is 6.31. The van der Waals surface area contributed by atoms with Crippen molar-refractivity contribution < 1.29 is 9.53 Å². The Morgan fingerprint density at radius 2 is 1.89 bits per heavy atom. The second-order valence-corrected chi connectivity index (χ2v) is 4.47. The molecule has 92 valence electrons. The Morgan fingerprint density at radius 1 is 1.17 bits per heavy atom. The predicted molar refractivity (Wildman–Crippen MR) is 72.7 cm³/mol. The summed E-state index contributed by atoms with van der Waals surface area (Å²) in [6.45, 7) is 3.43. The molecule has 0 aliphatic carbocycles. The van der Waals surface area contributed by atoms with Gasteiger partial charge in [-0.2, -0.15) is 0 Å². The molecular formula is C15H13ClO2. The van der Waals surface area contributed by atoms with Gasteiger partial charge in [0.05, 0.1) is 5.56 Å². The number of rotatable bonds is 3. The fourth-order valence-electron chi connectivity index (χ4n) is 1.65. The first-order chi connectivity index (χ1) is 8.58. The minimum atomic E-state index is -0.0173. The van der Waals surface area contributed by atoms with Crippen LogP contribution in [0.3, 0.4) is 0 Å². The molecule has 0 N–H and O–H groups in total. The summed E-state index contributed by atoms with van der Waals surface area (Å²) >= 11 is 5.96. The van der Waals surface area contributed by atoms with Crippen molar-refractivity contribution in [1.29, 1.82) is 0 Å². The molecule has 0 aliphatic rings. The van der Waals surface area contributed by atoms with Gasteiger partial charge in [0.2, 0.25) is 0 Å². The normalized spacial score (nSPS) is 10.2. The molecule has 0 aromatic heterocycles. The summed E-state index contributed by atoms with van der Waals surface area (Å²) in [5, 5.41) is 0.696. The lowest BCUT2D eigenvalue weighted by Gasteiger charge is -2.10. The van der Waals surface area contributed by atoms with Gasteiger partial charge in [0, 0.05) is 5.02 Å². The number of ether oxygens (including phenoxy) is 1. The standard InChI is InChI=1S/C15H13ClO2/c1-10-9-12(7-8-14(10)16)18-15-6-4-3-5-13(15)11(2)17/h3-9H,1-2H3. The van der Waals surface area contributed by atoms with Crippen LogP contribution >= 0.6 is 11.6 Å². The van der Waals surface area contributed by atoms with Gasteiger partial charge < -0.3 is 4.74 Å². The molecule has 0 spiro atoms. The van der Waals surface area contributed by atoms with E-state index in [9.17, 15) is 4.79 Å². The average molecular weight is 261 g/mol. The Hall–Kier alpha value is -1.80. The second-order valence-electron chi connectivity index (χ2n) is 4.07. The zero-order valence-corrected chi connectivity index (χ0v) is 11.0. The third-order valence-electron chi connectivity index (χ3n) is 2.62. The quantitative estimate of drug-likeness (QED) is 0.752. The summed E-state index contributed by atoms with van der Waals surface area (Å²) in [5.74, 6) is 1.22. The van der Waals surface area contributed by atoms with Crippen molar-refractivity contribution in [2.24, 2.45) is 0 Å². The molecule has 0 atom stereocenters. The van der Waals surface area contributed by atoms with Crippen LogP contribution in [-0.2, 0) is 0 Å². The van der Waals surface area contributed by atoms with E-state index < -0.39 is 0 Å². The van der Waals surface area contributed by atoms with Gasteiger partial charge in [0.25, 0.3) is 0 Å². The Labute approximate surface area is 111 Å². The molecule has 0 saturated carbocycles. The van der Waals surface area contributed by atoms with E-state index in [4.69, 9.17) is 16.3 Å².